The molecule has 6 aromatic rings. The maximum absolute atomic E-state index is 12.8. The van der Waals surface area contributed by atoms with Crippen molar-refractivity contribution in [3.05, 3.63) is 161 Å². The molecular weight excluding hydrogens is 1020 g/mol. The molecule has 13 heteroatoms. The van der Waals surface area contributed by atoms with E-state index in [1.165, 1.54) is 44.6 Å². The lowest BCUT2D eigenvalue weighted by atomic mass is 9.99. The molecule has 6 rings (SSSR count). The lowest BCUT2D eigenvalue weighted by Gasteiger charge is -2.12. The van der Waals surface area contributed by atoms with Crippen LogP contribution in [0.25, 0.3) is 22.3 Å². The van der Waals surface area contributed by atoms with E-state index in [9.17, 15) is 29.7 Å². The number of hydrogen-bond acceptors (Lipinski definition) is 11. The number of aryl methyl sites for hydroxylation is 1. The van der Waals surface area contributed by atoms with Gasteiger partial charge in [-0.2, -0.15) is 10.5 Å². The van der Waals surface area contributed by atoms with Gasteiger partial charge in [0.15, 0.2) is 0 Å². The van der Waals surface area contributed by atoms with Gasteiger partial charge in [0.2, 0.25) is 0 Å². The third kappa shape index (κ3) is 19.5. The third-order valence-corrected chi connectivity index (χ3v) is 14.0. The number of halogens is 2. The smallest absolute Gasteiger partial charge is 0.343 e. The largest absolute Gasteiger partial charge is 0.492 e. The number of unbranched alkanes of at least 4 members (excludes halogenated alkanes) is 9. The molecule has 0 fully saturated rings. The Balaban J connectivity index is 0.000000291. The fraction of sp³-hybridized carbons (Fsp3) is 0.354. The van der Waals surface area contributed by atoms with E-state index in [4.69, 9.17) is 46.9 Å². The molecule has 0 aromatic heterocycles. The average Bonchev–Trinajstić information content (AvgIpc) is 3.46. The highest BCUT2D eigenvalue weighted by Gasteiger charge is 2.23. The van der Waals surface area contributed by atoms with Gasteiger partial charge in [0, 0.05) is 0 Å². The van der Waals surface area contributed by atoms with Gasteiger partial charge in [-0.1, -0.05) is 154 Å². The first-order valence-electron chi connectivity index (χ1n) is 26.9. The Bertz CT molecular complexity index is 2960. The molecule has 78 heavy (non-hydrogen) atoms. The number of esters is 4. The van der Waals surface area contributed by atoms with Crippen LogP contribution in [0.3, 0.4) is 0 Å². The number of benzene rings is 6. The van der Waals surface area contributed by atoms with Crippen molar-refractivity contribution in [2.45, 2.75) is 129 Å². The van der Waals surface area contributed by atoms with E-state index in [0.717, 1.165) is 66.3 Å². The van der Waals surface area contributed by atoms with Crippen LogP contribution in [0.4, 0.5) is 0 Å². The topological polar surface area (TPSA) is 162 Å². The average molecular weight is 1090 g/mol. The van der Waals surface area contributed by atoms with Gasteiger partial charge in [0.25, 0.3) is 0 Å². The second-order valence-electron chi connectivity index (χ2n) is 19.6. The van der Waals surface area contributed by atoms with Crippen molar-refractivity contribution in [1.82, 2.24) is 0 Å². The first kappa shape index (κ1) is 61.4. The molecule has 408 valence electrons. The SMILES string of the molecule is CCCCCCCCCCOc1ccc(C(=O)Oc2ccc(-c3ccc(OC(=O)C(Cl)C(C)C)cc3)cc2)cc1C#N.CCCCCc1ccc(C(=O)Oc2ccc(-c3ccc(OC(=O)C(Cl)C(C)C)cc3)cc2)cc1C#N. The van der Waals surface area contributed by atoms with Crippen LogP contribution in [0.1, 0.15) is 150 Å². The Labute approximate surface area is 470 Å². The molecule has 0 amide bonds. The van der Waals surface area contributed by atoms with Crippen molar-refractivity contribution < 1.29 is 42.9 Å². The Kier molecular flexibility index (Phi) is 25.5. The van der Waals surface area contributed by atoms with E-state index in [2.05, 4.69) is 26.0 Å². The Morgan fingerprint density at radius 1 is 0.449 bits per heavy atom. The van der Waals surface area contributed by atoms with E-state index in [0.29, 0.717) is 52.0 Å². The molecule has 2 atom stereocenters. The van der Waals surface area contributed by atoms with Crippen molar-refractivity contribution in [1.29, 1.82) is 10.5 Å². The lowest BCUT2D eigenvalue weighted by molar-refractivity contribution is -0.135. The van der Waals surface area contributed by atoms with Crippen molar-refractivity contribution in [3.63, 3.8) is 0 Å². The van der Waals surface area contributed by atoms with Crippen molar-refractivity contribution in [2.24, 2.45) is 11.8 Å². The standard InChI is InChI=1S/C35H40ClNO5.C30H30ClNO4/c1-4-5-6-7-8-9-10-11-22-40-32-21-16-28(23-29(32)24-37)34(38)41-30-17-12-26(13-18-30)27-14-19-31(20-15-27)42-35(39)33(36)25(2)3;1-4-5-6-7-21-8-9-24(18-25(21)19-32)29(33)35-26-14-10-22(11-15-26)23-12-16-27(17-13-23)36-30(34)28(31)20(2)3/h12-21,23,25,33H,4-11,22H2,1-3H3;8-18,20,28H,4-7H2,1-3H3. The van der Waals surface area contributed by atoms with Gasteiger partial charge >= 0.3 is 23.9 Å². The quantitative estimate of drug-likeness (QED) is 0.0220. The highest BCUT2D eigenvalue weighted by Crippen LogP contribution is 2.29. The molecule has 0 N–H and O–H groups in total. The van der Waals surface area contributed by atoms with Gasteiger partial charge in [0.1, 0.15) is 45.6 Å². The predicted octanol–water partition coefficient (Wildman–Crippen LogP) is 16.5. The van der Waals surface area contributed by atoms with Gasteiger partial charge in [-0.15, -0.1) is 23.2 Å². The highest BCUT2D eigenvalue weighted by atomic mass is 35.5. The third-order valence-electron chi connectivity index (χ3n) is 12.7. The molecule has 6 aromatic carbocycles. The van der Waals surface area contributed by atoms with Crippen molar-refractivity contribution in [2.75, 3.05) is 6.61 Å². The second-order valence-corrected chi connectivity index (χ2v) is 20.5. The van der Waals surface area contributed by atoms with Crippen LogP contribution in [-0.4, -0.2) is 41.2 Å². The summed E-state index contributed by atoms with van der Waals surface area (Å²) in [5.41, 5.74) is 6.01. The molecule has 0 aliphatic heterocycles. The molecule has 0 spiro atoms. The van der Waals surface area contributed by atoms with Crippen LogP contribution < -0.4 is 23.7 Å². The maximum Gasteiger partial charge on any atom is 0.343 e. The monoisotopic (exact) mass is 1090 g/mol. The number of nitrogens with zero attached hydrogens (tertiary/aromatic N) is 2. The summed E-state index contributed by atoms with van der Waals surface area (Å²) in [4.78, 5) is 49.5. The van der Waals surface area contributed by atoms with Crippen molar-refractivity contribution >= 4 is 47.1 Å². The molecule has 0 aliphatic rings. The Morgan fingerprint density at radius 3 is 1.21 bits per heavy atom. The summed E-state index contributed by atoms with van der Waals surface area (Å²) in [6.07, 6.45) is 13.7. The number of hydrogen-bond donors (Lipinski definition) is 0. The molecule has 0 saturated carbocycles. The van der Waals surface area contributed by atoms with E-state index < -0.39 is 34.6 Å². The number of ether oxygens (including phenoxy) is 5. The predicted molar refractivity (Wildman–Crippen MR) is 308 cm³/mol. The minimum absolute atomic E-state index is 0.0191. The fourth-order valence-corrected chi connectivity index (χ4v) is 8.05. The van der Waals surface area contributed by atoms with E-state index in [1.807, 2.05) is 82.3 Å². The number of rotatable bonds is 26. The zero-order chi connectivity index (χ0) is 56.4. The number of nitriles is 2. The Hall–Kier alpha value is -7.44. The van der Waals surface area contributed by atoms with Crippen LogP contribution >= 0.6 is 23.2 Å². The van der Waals surface area contributed by atoms with Gasteiger partial charge in [-0.05, 0) is 138 Å². The normalized spacial score (nSPS) is 11.5. The summed E-state index contributed by atoms with van der Waals surface area (Å²) in [6.45, 7) is 12.3. The van der Waals surface area contributed by atoms with Crippen LogP contribution in [0.5, 0.6) is 28.7 Å². The summed E-state index contributed by atoms with van der Waals surface area (Å²) in [7, 11) is 0. The van der Waals surface area contributed by atoms with Crippen LogP contribution in [0.2, 0.25) is 0 Å². The van der Waals surface area contributed by atoms with E-state index >= 15 is 0 Å². The number of carbonyl (C=O) groups is 4. The molecule has 2 unspecified atom stereocenters. The summed E-state index contributed by atoms with van der Waals surface area (Å²) in [6, 6.07) is 42.6. The molecule has 11 nitrogen and oxygen atoms in total. The molecule has 0 radical (unpaired) electrons. The molecular formula is C65H70Cl2N2O9. The minimum atomic E-state index is -0.706. The molecule has 0 aliphatic carbocycles. The highest BCUT2D eigenvalue weighted by molar-refractivity contribution is 6.30. The maximum atomic E-state index is 12.8. The summed E-state index contributed by atoms with van der Waals surface area (Å²) in [5, 5.41) is 17.7. The first-order chi connectivity index (χ1) is 37.6. The van der Waals surface area contributed by atoms with E-state index in [-0.39, 0.29) is 17.4 Å². The zero-order valence-electron chi connectivity index (χ0n) is 45.5. The molecule has 0 heterocycles. The second kappa shape index (κ2) is 32.3. The summed E-state index contributed by atoms with van der Waals surface area (Å²) >= 11 is 12.1. The fourth-order valence-electron chi connectivity index (χ4n) is 7.96. The Morgan fingerprint density at radius 2 is 0.808 bits per heavy atom. The number of carbonyl (C=O) groups excluding carboxylic acids is 4. The molecule has 0 bridgehead atoms. The van der Waals surface area contributed by atoms with Crippen LogP contribution in [-0.2, 0) is 16.0 Å². The van der Waals surface area contributed by atoms with Gasteiger partial charge in [-0.25, -0.2) is 9.59 Å². The van der Waals surface area contributed by atoms with Crippen molar-refractivity contribution in [3.8, 4) is 63.1 Å². The number of alkyl halides is 2. The van der Waals surface area contributed by atoms with E-state index in [1.54, 1.807) is 72.8 Å². The summed E-state index contributed by atoms with van der Waals surface area (Å²) < 4.78 is 27.6. The summed E-state index contributed by atoms with van der Waals surface area (Å²) in [5.74, 6) is 0.0404. The molecule has 0 saturated heterocycles. The first-order valence-corrected chi connectivity index (χ1v) is 27.8. The zero-order valence-corrected chi connectivity index (χ0v) is 47.0. The van der Waals surface area contributed by atoms with Gasteiger partial charge in [-0.3, -0.25) is 9.59 Å². The van der Waals surface area contributed by atoms with Crippen LogP contribution in [0, 0.1) is 34.5 Å². The van der Waals surface area contributed by atoms with Gasteiger partial charge in [0.05, 0.1) is 34.9 Å². The lowest BCUT2D eigenvalue weighted by Crippen LogP contribution is -2.25. The van der Waals surface area contributed by atoms with Gasteiger partial charge < -0.3 is 23.7 Å². The van der Waals surface area contributed by atoms with Crippen LogP contribution in [0.15, 0.2) is 133 Å². The minimum Gasteiger partial charge on any atom is -0.492 e.